The maximum absolute atomic E-state index is 13.6. The number of thiocarbonyl (C=S) groups is 1. The number of methoxy groups -OCH3 is 1. The fourth-order valence-corrected chi connectivity index (χ4v) is 4.04. The van der Waals surface area contributed by atoms with Crippen molar-refractivity contribution in [2.24, 2.45) is 0 Å². The number of aromatic nitrogens is 1. The minimum atomic E-state index is -0.798. The summed E-state index contributed by atoms with van der Waals surface area (Å²) in [6, 6.07) is 9.33. The monoisotopic (exact) mass is 445 g/mol. The fourth-order valence-electron chi connectivity index (χ4n) is 3.75. The molecule has 0 spiro atoms. The average Bonchev–Trinajstić information content (AvgIpc) is 2.68. The number of carbonyl (C=O) groups excluding carboxylic acids is 2. The van der Waals surface area contributed by atoms with Crippen LogP contribution in [0.15, 0.2) is 36.5 Å². The van der Waals surface area contributed by atoms with Gasteiger partial charge in [0.1, 0.15) is 10.6 Å². The summed E-state index contributed by atoms with van der Waals surface area (Å²) in [5, 5.41) is 3.03. The van der Waals surface area contributed by atoms with Gasteiger partial charge in [0.25, 0.3) is 0 Å². The van der Waals surface area contributed by atoms with Crippen molar-refractivity contribution in [3.8, 4) is 0 Å². The number of halogens is 1. The van der Waals surface area contributed by atoms with Crippen LogP contribution in [-0.2, 0) is 14.9 Å². The number of carbonyl (C=O) groups is 2. The van der Waals surface area contributed by atoms with Gasteiger partial charge >= 0.3 is 5.97 Å². The second-order valence-corrected chi connectivity index (χ2v) is 8.68. The third-order valence-electron chi connectivity index (χ3n) is 5.42. The van der Waals surface area contributed by atoms with Gasteiger partial charge in [-0.25, -0.2) is 9.78 Å². The largest absolute Gasteiger partial charge is 0.465 e. The molecule has 1 aromatic carbocycles. The van der Waals surface area contributed by atoms with E-state index in [1.54, 1.807) is 0 Å². The number of ether oxygens (including phenoxy) is 1. The van der Waals surface area contributed by atoms with Crippen LogP contribution in [0.1, 0.15) is 48.2 Å². The molecule has 1 N–H and O–H groups in total. The Morgan fingerprint density at radius 1 is 1.30 bits per heavy atom. The van der Waals surface area contributed by atoms with Gasteiger partial charge in [-0.15, -0.1) is 0 Å². The molecule has 2 aromatic rings. The molecule has 30 heavy (non-hydrogen) atoms. The molecule has 1 saturated heterocycles. The summed E-state index contributed by atoms with van der Waals surface area (Å²) in [5.41, 5.74) is 1.69. The molecule has 1 aliphatic rings. The topological polar surface area (TPSA) is 71.5 Å². The van der Waals surface area contributed by atoms with Crippen molar-refractivity contribution in [1.29, 1.82) is 0 Å². The number of likely N-dealkylation sites (tertiary alicyclic amines) is 1. The predicted octanol–water partition coefficient (Wildman–Crippen LogP) is 4.18. The van der Waals surface area contributed by atoms with Gasteiger partial charge in [-0.1, -0.05) is 61.9 Å². The Morgan fingerprint density at radius 3 is 2.57 bits per heavy atom. The van der Waals surface area contributed by atoms with Gasteiger partial charge in [-0.2, -0.15) is 0 Å². The first-order chi connectivity index (χ1) is 14.2. The molecule has 1 amide bonds. The Labute approximate surface area is 186 Å². The van der Waals surface area contributed by atoms with Crippen LogP contribution in [0, 0.1) is 0 Å². The summed E-state index contributed by atoms with van der Waals surface area (Å²) in [6.45, 7) is 6.98. The summed E-state index contributed by atoms with van der Waals surface area (Å²) < 4.78 is 4.82. The van der Waals surface area contributed by atoms with Gasteiger partial charge in [0.05, 0.1) is 29.5 Å². The van der Waals surface area contributed by atoms with Crippen LogP contribution in [-0.4, -0.2) is 46.9 Å². The first-order valence-corrected chi connectivity index (χ1v) is 10.4. The van der Waals surface area contributed by atoms with E-state index in [4.69, 9.17) is 28.6 Å². The Balaban J connectivity index is 2.03. The molecule has 0 aliphatic carbocycles. The molecule has 0 saturated carbocycles. The lowest BCUT2D eigenvalue weighted by atomic mass is 9.69. The van der Waals surface area contributed by atoms with Crippen LogP contribution in [0.5, 0.6) is 0 Å². The molecule has 158 valence electrons. The van der Waals surface area contributed by atoms with Crippen LogP contribution in [0.25, 0.3) is 0 Å². The zero-order valence-electron chi connectivity index (χ0n) is 17.4. The van der Waals surface area contributed by atoms with E-state index in [1.165, 1.54) is 19.4 Å². The number of pyridine rings is 1. The van der Waals surface area contributed by atoms with Crippen molar-refractivity contribution >= 4 is 46.4 Å². The van der Waals surface area contributed by atoms with Crippen LogP contribution < -0.4 is 5.32 Å². The number of benzene rings is 1. The number of anilines is 1. The van der Waals surface area contributed by atoms with Crippen LogP contribution >= 0.6 is 23.8 Å². The molecule has 1 aromatic heterocycles. The Kier molecular flexibility index (Phi) is 6.43. The molecule has 0 bridgehead atoms. The van der Waals surface area contributed by atoms with E-state index in [9.17, 15) is 9.59 Å². The normalized spacial score (nSPS) is 14.8. The van der Waals surface area contributed by atoms with E-state index in [0.29, 0.717) is 13.1 Å². The van der Waals surface area contributed by atoms with Gasteiger partial charge in [-0.3, -0.25) is 4.79 Å². The van der Waals surface area contributed by atoms with Gasteiger partial charge in [0.2, 0.25) is 5.91 Å². The van der Waals surface area contributed by atoms with E-state index in [-0.39, 0.29) is 28.2 Å². The molecule has 0 unspecified atom stereocenters. The van der Waals surface area contributed by atoms with Crippen molar-refractivity contribution in [2.45, 2.75) is 32.1 Å². The number of nitrogens with zero attached hydrogens (tertiary/aromatic N) is 2. The van der Waals surface area contributed by atoms with Crippen LogP contribution in [0.3, 0.4) is 0 Å². The molecule has 2 heterocycles. The van der Waals surface area contributed by atoms with Crippen molar-refractivity contribution in [3.05, 3.63) is 58.4 Å². The number of esters is 1. The van der Waals surface area contributed by atoms with E-state index >= 15 is 0 Å². The number of hydrogen-bond donors (Lipinski definition) is 1. The Morgan fingerprint density at radius 2 is 1.97 bits per heavy atom. The first kappa shape index (κ1) is 22.2. The minimum Gasteiger partial charge on any atom is -0.465 e. The number of rotatable bonds is 5. The van der Waals surface area contributed by atoms with Gasteiger partial charge in [-0.05, 0) is 30.0 Å². The maximum atomic E-state index is 13.6. The molecule has 1 aliphatic heterocycles. The second-order valence-electron chi connectivity index (χ2n) is 7.70. The van der Waals surface area contributed by atoms with Crippen molar-refractivity contribution in [2.75, 3.05) is 25.5 Å². The zero-order valence-corrected chi connectivity index (χ0v) is 18.9. The van der Waals surface area contributed by atoms with E-state index in [2.05, 4.69) is 24.1 Å². The second kappa shape index (κ2) is 8.70. The molecular weight excluding hydrogens is 422 g/mol. The number of hydrogen-bond acceptors (Lipinski definition) is 5. The number of amides is 1. The Bertz CT molecular complexity index is 1000. The lowest BCUT2D eigenvalue weighted by molar-refractivity contribution is -0.126. The highest BCUT2D eigenvalue weighted by Gasteiger charge is 2.52. The lowest BCUT2D eigenvalue weighted by Crippen LogP contribution is -2.66. The molecule has 3 rings (SSSR count). The summed E-state index contributed by atoms with van der Waals surface area (Å²) in [5.74, 6) is -0.579. The van der Waals surface area contributed by atoms with E-state index < -0.39 is 11.4 Å². The summed E-state index contributed by atoms with van der Waals surface area (Å²) in [7, 11) is 1.27. The van der Waals surface area contributed by atoms with Crippen molar-refractivity contribution in [3.63, 3.8) is 0 Å². The van der Waals surface area contributed by atoms with Gasteiger partial charge in [0, 0.05) is 13.1 Å². The van der Waals surface area contributed by atoms with Gasteiger partial charge < -0.3 is 15.0 Å². The molecule has 6 nitrogen and oxygen atoms in total. The maximum Gasteiger partial charge on any atom is 0.340 e. The standard InChI is InChI=1S/C22H24ClN3O3S/c1-13(2)15-7-5-6-8-17(15)22(11-26(12-22)14(3)30)21(28)25-18-10-24-19(23)9-16(18)20(27)29-4/h5-10,13H,11-12H2,1-4H3,(H,25,28). The van der Waals surface area contributed by atoms with Crippen molar-refractivity contribution < 1.29 is 14.3 Å². The first-order valence-electron chi connectivity index (χ1n) is 9.60. The third-order valence-corrected chi connectivity index (χ3v) is 5.89. The van der Waals surface area contributed by atoms with E-state index in [0.717, 1.165) is 16.1 Å². The summed E-state index contributed by atoms with van der Waals surface area (Å²) in [6.07, 6.45) is 1.37. The summed E-state index contributed by atoms with van der Waals surface area (Å²) in [4.78, 5) is 32.5. The average molecular weight is 446 g/mol. The SMILES string of the molecule is COC(=O)c1cc(Cl)ncc1NC(=O)C1(c2ccccc2C(C)C)CN(C(C)=S)C1. The third kappa shape index (κ3) is 4.04. The van der Waals surface area contributed by atoms with Crippen LogP contribution in [0.2, 0.25) is 5.15 Å². The predicted molar refractivity (Wildman–Crippen MR) is 121 cm³/mol. The highest BCUT2D eigenvalue weighted by Crippen LogP contribution is 2.40. The van der Waals surface area contributed by atoms with E-state index in [1.807, 2.05) is 36.1 Å². The molecule has 1 fully saturated rings. The smallest absolute Gasteiger partial charge is 0.340 e. The molecule has 8 heteroatoms. The molecular formula is C22H24ClN3O3S. The highest BCUT2D eigenvalue weighted by atomic mass is 35.5. The quantitative estimate of drug-likeness (QED) is 0.423. The lowest BCUT2D eigenvalue weighted by Gasteiger charge is -2.50. The summed E-state index contributed by atoms with van der Waals surface area (Å²) >= 11 is 11.3. The zero-order chi connectivity index (χ0) is 22.1. The molecule has 0 atom stereocenters. The van der Waals surface area contributed by atoms with Crippen LogP contribution in [0.4, 0.5) is 5.69 Å². The molecule has 0 radical (unpaired) electrons. The van der Waals surface area contributed by atoms with Gasteiger partial charge in [0.15, 0.2) is 0 Å². The van der Waals surface area contributed by atoms with Crippen molar-refractivity contribution in [1.82, 2.24) is 9.88 Å². The Hall–Kier alpha value is -2.51. The minimum absolute atomic E-state index is 0.138. The highest BCUT2D eigenvalue weighted by molar-refractivity contribution is 7.80. The number of nitrogens with one attached hydrogen (secondary N) is 1. The fraction of sp³-hybridized carbons (Fsp3) is 0.364.